The van der Waals surface area contributed by atoms with Crippen LogP contribution in [0.2, 0.25) is 0 Å². The fraction of sp³-hybridized carbons (Fsp3) is 0.375. The van der Waals surface area contributed by atoms with Crippen molar-refractivity contribution in [2.75, 3.05) is 13.1 Å². The number of piperidine rings is 1. The highest BCUT2D eigenvalue weighted by molar-refractivity contribution is 5.95. The van der Waals surface area contributed by atoms with Gasteiger partial charge in [0.2, 0.25) is 0 Å². The molecular formula is C16H18N2O2. The number of carbonyl (C=O) groups excluding carboxylic acids is 1. The average Bonchev–Trinajstić information content (AvgIpc) is 2.46. The van der Waals surface area contributed by atoms with Gasteiger partial charge in [-0.15, -0.1) is 0 Å². The van der Waals surface area contributed by atoms with Crippen LogP contribution in [0.5, 0.6) is 0 Å². The zero-order chi connectivity index (χ0) is 14.2. The number of carbonyl (C=O) groups is 1. The Kier molecular flexibility index (Phi) is 3.18. The lowest BCUT2D eigenvalue weighted by atomic mass is 9.94. The van der Waals surface area contributed by atoms with Crippen molar-refractivity contribution in [3.63, 3.8) is 0 Å². The lowest BCUT2D eigenvalue weighted by molar-refractivity contribution is -0.00218. The highest BCUT2D eigenvalue weighted by Crippen LogP contribution is 2.22. The van der Waals surface area contributed by atoms with Gasteiger partial charge in [0.1, 0.15) is 5.69 Å². The second-order valence-corrected chi connectivity index (χ2v) is 5.68. The van der Waals surface area contributed by atoms with Crippen molar-refractivity contribution in [1.29, 1.82) is 0 Å². The number of nitrogens with zero attached hydrogens (tertiary/aromatic N) is 2. The third kappa shape index (κ3) is 2.51. The van der Waals surface area contributed by atoms with Gasteiger partial charge in [-0.2, -0.15) is 0 Å². The van der Waals surface area contributed by atoms with Gasteiger partial charge in [-0.3, -0.25) is 4.79 Å². The number of hydrogen-bond donors (Lipinski definition) is 1. The molecule has 0 unspecified atom stereocenters. The minimum absolute atomic E-state index is 0.0498. The molecule has 1 fully saturated rings. The molecule has 0 bridgehead atoms. The first-order valence-corrected chi connectivity index (χ1v) is 6.93. The van der Waals surface area contributed by atoms with Crippen LogP contribution in [0.25, 0.3) is 10.9 Å². The Morgan fingerprint density at radius 2 is 1.90 bits per heavy atom. The van der Waals surface area contributed by atoms with Crippen molar-refractivity contribution in [2.24, 2.45) is 0 Å². The lowest BCUT2D eigenvalue weighted by Crippen LogP contribution is -2.45. The van der Waals surface area contributed by atoms with Crippen molar-refractivity contribution >= 4 is 16.8 Å². The number of pyridine rings is 1. The number of benzene rings is 1. The average molecular weight is 270 g/mol. The van der Waals surface area contributed by atoms with E-state index >= 15 is 0 Å². The van der Waals surface area contributed by atoms with E-state index in [1.807, 2.05) is 37.3 Å². The molecule has 1 aliphatic heterocycles. The topological polar surface area (TPSA) is 53.4 Å². The Morgan fingerprint density at radius 1 is 1.20 bits per heavy atom. The van der Waals surface area contributed by atoms with Crippen LogP contribution in [-0.4, -0.2) is 39.6 Å². The highest BCUT2D eigenvalue weighted by atomic mass is 16.3. The Morgan fingerprint density at radius 3 is 2.65 bits per heavy atom. The van der Waals surface area contributed by atoms with Crippen LogP contribution in [-0.2, 0) is 0 Å². The molecule has 0 saturated carbocycles. The van der Waals surface area contributed by atoms with Crippen LogP contribution in [0.15, 0.2) is 36.4 Å². The van der Waals surface area contributed by atoms with Crippen molar-refractivity contribution < 1.29 is 9.90 Å². The van der Waals surface area contributed by atoms with Crippen LogP contribution >= 0.6 is 0 Å². The molecule has 2 aromatic rings. The predicted octanol–water partition coefficient (Wildman–Crippen LogP) is 2.22. The van der Waals surface area contributed by atoms with E-state index in [0.717, 1.165) is 10.9 Å². The number of para-hydroxylation sites is 1. The molecule has 1 aliphatic rings. The first-order chi connectivity index (χ1) is 9.55. The van der Waals surface area contributed by atoms with Gasteiger partial charge in [-0.25, -0.2) is 4.98 Å². The summed E-state index contributed by atoms with van der Waals surface area (Å²) in [5.41, 5.74) is 0.667. The Hall–Kier alpha value is -1.94. The molecule has 4 heteroatoms. The van der Waals surface area contributed by atoms with E-state index in [4.69, 9.17) is 0 Å². The molecule has 1 N–H and O–H groups in total. The smallest absolute Gasteiger partial charge is 0.272 e. The minimum atomic E-state index is -0.645. The Bertz CT molecular complexity index is 642. The van der Waals surface area contributed by atoms with E-state index in [9.17, 15) is 9.90 Å². The number of fused-ring (bicyclic) bond motifs is 1. The molecule has 20 heavy (non-hydrogen) atoms. The molecule has 2 heterocycles. The summed E-state index contributed by atoms with van der Waals surface area (Å²) < 4.78 is 0. The maximum absolute atomic E-state index is 12.4. The summed E-state index contributed by atoms with van der Waals surface area (Å²) >= 11 is 0. The molecule has 1 amide bonds. The summed E-state index contributed by atoms with van der Waals surface area (Å²) in [6.45, 7) is 2.99. The van der Waals surface area contributed by atoms with Gasteiger partial charge in [0.05, 0.1) is 11.1 Å². The zero-order valence-electron chi connectivity index (χ0n) is 11.5. The summed E-state index contributed by atoms with van der Waals surface area (Å²) in [5, 5.41) is 11.0. The molecule has 4 nitrogen and oxygen atoms in total. The van der Waals surface area contributed by atoms with E-state index in [1.165, 1.54) is 0 Å². The van der Waals surface area contributed by atoms with Gasteiger partial charge < -0.3 is 10.0 Å². The van der Waals surface area contributed by atoms with Gasteiger partial charge in [0.25, 0.3) is 5.91 Å². The fourth-order valence-corrected chi connectivity index (χ4v) is 2.54. The molecule has 1 aromatic carbocycles. The molecule has 0 spiro atoms. The van der Waals surface area contributed by atoms with Crippen LogP contribution in [0.1, 0.15) is 30.3 Å². The minimum Gasteiger partial charge on any atom is -0.390 e. The molecule has 104 valence electrons. The molecule has 0 atom stereocenters. The third-order valence-corrected chi connectivity index (χ3v) is 3.95. The van der Waals surface area contributed by atoms with E-state index in [0.29, 0.717) is 31.6 Å². The lowest BCUT2D eigenvalue weighted by Gasteiger charge is -2.35. The van der Waals surface area contributed by atoms with Gasteiger partial charge in [0, 0.05) is 18.5 Å². The Balaban J connectivity index is 1.82. The number of rotatable bonds is 1. The van der Waals surface area contributed by atoms with Crippen molar-refractivity contribution in [3.8, 4) is 0 Å². The summed E-state index contributed by atoms with van der Waals surface area (Å²) in [7, 11) is 0. The third-order valence-electron chi connectivity index (χ3n) is 3.95. The second kappa shape index (κ2) is 4.87. The number of aliphatic hydroxyl groups is 1. The number of aromatic nitrogens is 1. The zero-order valence-corrected chi connectivity index (χ0v) is 11.5. The quantitative estimate of drug-likeness (QED) is 0.864. The predicted molar refractivity (Wildman–Crippen MR) is 77.5 cm³/mol. The molecule has 0 radical (unpaired) electrons. The summed E-state index contributed by atoms with van der Waals surface area (Å²) in [6.07, 6.45) is 1.23. The van der Waals surface area contributed by atoms with Gasteiger partial charge in [-0.05, 0) is 31.9 Å². The molecule has 1 saturated heterocycles. The maximum atomic E-state index is 12.4. The van der Waals surface area contributed by atoms with Crippen molar-refractivity contribution in [1.82, 2.24) is 9.88 Å². The van der Waals surface area contributed by atoms with Crippen LogP contribution in [0.4, 0.5) is 0 Å². The first kappa shape index (κ1) is 13.1. The van der Waals surface area contributed by atoms with E-state index < -0.39 is 5.60 Å². The number of likely N-dealkylation sites (tertiary alicyclic amines) is 1. The normalized spacial score (nSPS) is 18.2. The molecule has 3 rings (SSSR count). The van der Waals surface area contributed by atoms with E-state index in [-0.39, 0.29) is 5.91 Å². The van der Waals surface area contributed by atoms with Gasteiger partial charge in [-0.1, -0.05) is 24.3 Å². The van der Waals surface area contributed by atoms with Crippen LogP contribution in [0.3, 0.4) is 0 Å². The fourth-order valence-electron chi connectivity index (χ4n) is 2.54. The monoisotopic (exact) mass is 270 g/mol. The highest BCUT2D eigenvalue weighted by Gasteiger charge is 2.30. The maximum Gasteiger partial charge on any atom is 0.272 e. The Labute approximate surface area is 118 Å². The van der Waals surface area contributed by atoms with Gasteiger partial charge >= 0.3 is 0 Å². The summed E-state index contributed by atoms with van der Waals surface area (Å²) in [5.74, 6) is -0.0498. The standard InChI is InChI=1S/C16H18N2O2/c1-16(20)8-10-18(11-9-16)15(19)14-7-6-12-4-2-3-5-13(12)17-14/h2-7,20H,8-11H2,1H3. The summed E-state index contributed by atoms with van der Waals surface area (Å²) in [6, 6.07) is 11.5. The van der Waals surface area contributed by atoms with Gasteiger partial charge in [0.15, 0.2) is 0 Å². The number of hydrogen-bond acceptors (Lipinski definition) is 3. The van der Waals surface area contributed by atoms with Crippen LogP contribution < -0.4 is 0 Å². The van der Waals surface area contributed by atoms with E-state index in [1.54, 1.807) is 11.0 Å². The first-order valence-electron chi connectivity index (χ1n) is 6.93. The van der Waals surface area contributed by atoms with Crippen molar-refractivity contribution in [2.45, 2.75) is 25.4 Å². The van der Waals surface area contributed by atoms with Crippen LogP contribution in [0, 0.1) is 0 Å². The number of amides is 1. The summed E-state index contributed by atoms with van der Waals surface area (Å²) in [4.78, 5) is 18.6. The SMILES string of the molecule is CC1(O)CCN(C(=O)c2ccc3ccccc3n2)CC1. The van der Waals surface area contributed by atoms with E-state index in [2.05, 4.69) is 4.98 Å². The molecular weight excluding hydrogens is 252 g/mol. The second-order valence-electron chi connectivity index (χ2n) is 5.68. The molecule has 1 aromatic heterocycles. The molecule has 0 aliphatic carbocycles. The van der Waals surface area contributed by atoms with Crippen molar-refractivity contribution in [3.05, 3.63) is 42.1 Å². The largest absolute Gasteiger partial charge is 0.390 e.